The van der Waals surface area contributed by atoms with Crippen LogP contribution in [0.2, 0.25) is 5.02 Å². The SMILES string of the molecule is FC(F)(F)c1ccc2nc(-c3cn(-c4ccccc4)nc3-c3ccc(Cl)cc3)[nH]c2c1. The molecular formula is C23H14ClF3N4. The van der Waals surface area contributed by atoms with E-state index in [2.05, 4.69) is 9.97 Å². The quantitative estimate of drug-likeness (QED) is 0.338. The fourth-order valence-corrected chi connectivity index (χ4v) is 3.52. The lowest BCUT2D eigenvalue weighted by Crippen LogP contribution is -2.04. The molecule has 0 aliphatic heterocycles. The van der Waals surface area contributed by atoms with Gasteiger partial charge in [0.2, 0.25) is 0 Å². The van der Waals surface area contributed by atoms with E-state index >= 15 is 0 Å². The number of nitrogens with one attached hydrogen (secondary N) is 1. The summed E-state index contributed by atoms with van der Waals surface area (Å²) >= 11 is 6.03. The van der Waals surface area contributed by atoms with E-state index < -0.39 is 11.7 Å². The number of halogens is 4. The number of aromatic amines is 1. The van der Waals surface area contributed by atoms with Crippen LogP contribution in [0, 0.1) is 0 Å². The Labute approximate surface area is 179 Å². The van der Waals surface area contributed by atoms with Gasteiger partial charge in [0.25, 0.3) is 0 Å². The summed E-state index contributed by atoms with van der Waals surface area (Å²) in [6.07, 6.45) is -2.62. The van der Waals surface area contributed by atoms with Gasteiger partial charge in [0.05, 0.1) is 27.8 Å². The van der Waals surface area contributed by atoms with Gasteiger partial charge in [-0.1, -0.05) is 41.9 Å². The fraction of sp³-hybridized carbons (Fsp3) is 0.0435. The Balaban J connectivity index is 1.68. The van der Waals surface area contributed by atoms with Gasteiger partial charge in [-0.3, -0.25) is 0 Å². The van der Waals surface area contributed by atoms with Crippen LogP contribution >= 0.6 is 11.6 Å². The second-order valence-corrected chi connectivity index (χ2v) is 7.43. The fourth-order valence-electron chi connectivity index (χ4n) is 3.39. The van der Waals surface area contributed by atoms with Gasteiger partial charge in [0, 0.05) is 16.8 Å². The predicted octanol–water partition coefficient (Wildman–Crippen LogP) is 6.75. The Morgan fingerprint density at radius 2 is 1.65 bits per heavy atom. The number of benzene rings is 3. The summed E-state index contributed by atoms with van der Waals surface area (Å²) in [5.41, 5.74) is 2.97. The summed E-state index contributed by atoms with van der Waals surface area (Å²) in [5, 5.41) is 5.31. The minimum Gasteiger partial charge on any atom is -0.338 e. The maximum absolute atomic E-state index is 13.1. The van der Waals surface area contributed by atoms with Crippen LogP contribution < -0.4 is 0 Å². The second-order valence-electron chi connectivity index (χ2n) is 6.99. The van der Waals surface area contributed by atoms with Gasteiger partial charge in [-0.15, -0.1) is 0 Å². The smallest absolute Gasteiger partial charge is 0.338 e. The van der Waals surface area contributed by atoms with Crippen LogP contribution in [-0.4, -0.2) is 19.7 Å². The highest BCUT2D eigenvalue weighted by Crippen LogP contribution is 2.34. The molecule has 8 heteroatoms. The molecule has 31 heavy (non-hydrogen) atoms. The minimum atomic E-state index is -4.42. The van der Waals surface area contributed by atoms with Crippen molar-refractivity contribution in [2.24, 2.45) is 0 Å². The lowest BCUT2D eigenvalue weighted by molar-refractivity contribution is -0.137. The molecule has 154 valence electrons. The minimum absolute atomic E-state index is 0.305. The van der Waals surface area contributed by atoms with Crippen molar-refractivity contribution in [2.45, 2.75) is 6.18 Å². The van der Waals surface area contributed by atoms with E-state index in [-0.39, 0.29) is 0 Å². The molecular weight excluding hydrogens is 425 g/mol. The zero-order chi connectivity index (χ0) is 21.6. The first-order valence-electron chi connectivity index (χ1n) is 9.37. The summed E-state index contributed by atoms with van der Waals surface area (Å²) in [7, 11) is 0. The van der Waals surface area contributed by atoms with Crippen molar-refractivity contribution in [3.8, 4) is 28.3 Å². The standard InChI is InChI=1S/C23H14ClF3N4/c24-16-9-6-14(7-10-16)21-18(13-31(30-21)17-4-2-1-3-5-17)22-28-19-11-8-15(23(25,26)27)12-20(19)29-22/h1-13H,(H,28,29). The molecule has 2 heterocycles. The van der Waals surface area contributed by atoms with E-state index in [9.17, 15) is 13.2 Å². The van der Waals surface area contributed by atoms with Crippen molar-refractivity contribution in [1.82, 2.24) is 19.7 Å². The van der Waals surface area contributed by atoms with E-state index in [1.807, 2.05) is 48.7 Å². The number of imidazole rings is 1. The third-order valence-electron chi connectivity index (χ3n) is 4.92. The molecule has 1 N–H and O–H groups in total. The van der Waals surface area contributed by atoms with Gasteiger partial charge in [0.1, 0.15) is 11.5 Å². The number of hydrogen-bond acceptors (Lipinski definition) is 2. The van der Waals surface area contributed by atoms with Gasteiger partial charge in [0.15, 0.2) is 0 Å². The molecule has 0 aliphatic rings. The third kappa shape index (κ3) is 3.68. The molecule has 0 fully saturated rings. The molecule has 0 saturated heterocycles. The number of hydrogen-bond donors (Lipinski definition) is 1. The summed E-state index contributed by atoms with van der Waals surface area (Å²) < 4.78 is 41.0. The van der Waals surface area contributed by atoms with Crippen LogP contribution in [0.15, 0.2) is 79.0 Å². The van der Waals surface area contributed by atoms with E-state index in [0.29, 0.717) is 33.1 Å². The summed E-state index contributed by atoms with van der Waals surface area (Å²) in [4.78, 5) is 7.53. The number of alkyl halides is 3. The highest BCUT2D eigenvalue weighted by atomic mass is 35.5. The molecule has 0 aliphatic carbocycles. The van der Waals surface area contributed by atoms with Gasteiger partial charge < -0.3 is 4.98 Å². The molecule has 3 aromatic carbocycles. The largest absolute Gasteiger partial charge is 0.416 e. The molecule has 0 spiro atoms. The number of rotatable bonds is 3. The molecule has 4 nitrogen and oxygen atoms in total. The number of fused-ring (bicyclic) bond motifs is 1. The predicted molar refractivity (Wildman–Crippen MR) is 114 cm³/mol. The number of aromatic nitrogens is 4. The monoisotopic (exact) mass is 438 g/mol. The van der Waals surface area contributed by atoms with Crippen molar-refractivity contribution >= 4 is 22.6 Å². The lowest BCUT2D eigenvalue weighted by Gasteiger charge is -2.05. The molecule has 5 rings (SSSR count). The number of H-pyrrole nitrogens is 1. The van der Waals surface area contributed by atoms with Crippen molar-refractivity contribution < 1.29 is 13.2 Å². The topological polar surface area (TPSA) is 46.5 Å². The Kier molecular flexibility index (Phi) is 4.55. The Hall–Kier alpha value is -3.58. The highest BCUT2D eigenvalue weighted by molar-refractivity contribution is 6.30. The van der Waals surface area contributed by atoms with Gasteiger partial charge >= 0.3 is 6.18 Å². The van der Waals surface area contributed by atoms with Crippen molar-refractivity contribution in [3.05, 3.63) is 89.6 Å². The summed E-state index contributed by atoms with van der Waals surface area (Å²) in [6, 6.07) is 20.2. The average Bonchev–Trinajstić information content (AvgIpc) is 3.38. The Bertz CT molecular complexity index is 1370. The maximum atomic E-state index is 13.1. The average molecular weight is 439 g/mol. The first-order chi connectivity index (χ1) is 14.9. The zero-order valence-corrected chi connectivity index (χ0v) is 16.6. The van der Waals surface area contributed by atoms with Crippen LogP contribution in [-0.2, 0) is 6.18 Å². The highest BCUT2D eigenvalue weighted by Gasteiger charge is 2.31. The first-order valence-corrected chi connectivity index (χ1v) is 9.75. The number of nitrogens with zero attached hydrogens (tertiary/aromatic N) is 3. The van der Waals surface area contributed by atoms with E-state index in [0.717, 1.165) is 23.4 Å². The normalized spacial score (nSPS) is 11.9. The number of para-hydroxylation sites is 1. The molecule has 0 unspecified atom stereocenters. The van der Waals surface area contributed by atoms with E-state index in [1.165, 1.54) is 6.07 Å². The van der Waals surface area contributed by atoms with Gasteiger partial charge in [-0.25, -0.2) is 9.67 Å². The van der Waals surface area contributed by atoms with Gasteiger partial charge in [-0.05, 0) is 42.5 Å². The van der Waals surface area contributed by atoms with Crippen LogP contribution in [0.5, 0.6) is 0 Å². The Morgan fingerprint density at radius 3 is 2.35 bits per heavy atom. The van der Waals surface area contributed by atoms with Crippen LogP contribution in [0.3, 0.4) is 0 Å². The first kappa shape index (κ1) is 19.4. The third-order valence-corrected chi connectivity index (χ3v) is 5.17. The molecule has 5 aromatic rings. The van der Waals surface area contributed by atoms with Crippen LogP contribution in [0.4, 0.5) is 13.2 Å². The molecule has 0 atom stereocenters. The molecule has 0 amide bonds. The summed E-state index contributed by atoms with van der Waals surface area (Å²) in [5.74, 6) is 0.432. The molecule has 0 bridgehead atoms. The summed E-state index contributed by atoms with van der Waals surface area (Å²) in [6.45, 7) is 0. The lowest BCUT2D eigenvalue weighted by atomic mass is 10.1. The van der Waals surface area contributed by atoms with E-state index in [4.69, 9.17) is 16.7 Å². The van der Waals surface area contributed by atoms with Crippen LogP contribution in [0.1, 0.15) is 5.56 Å². The molecule has 2 aromatic heterocycles. The molecule has 0 radical (unpaired) electrons. The van der Waals surface area contributed by atoms with E-state index in [1.54, 1.807) is 16.8 Å². The van der Waals surface area contributed by atoms with Crippen molar-refractivity contribution in [2.75, 3.05) is 0 Å². The van der Waals surface area contributed by atoms with Crippen molar-refractivity contribution in [3.63, 3.8) is 0 Å². The van der Waals surface area contributed by atoms with Crippen LogP contribution in [0.25, 0.3) is 39.4 Å². The maximum Gasteiger partial charge on any atom is 0.416 e. The van der Waals surface area contributed by atoms with Crippen molar-refractivity contribution in [1.29, 1.82) is 0 Å². The second kappa shape index (κ2) is 7.28. The Morgan fingerprint density at radius 1 is 0.903 bits per heavy atom. The van der Waals surface area contributed by atoms with Gasteiger partial charge in [-0.2, -0.15) is 18.3 Å². The molecule has 0 saturated carbocycles. The zero-order valence-electron chi connectivity index (χ0n) is 15.9.